The summed E-state index contributed by atoms with van der Waals surface area (Å²) in [6.45, 7) is 9.97. The van der Waals surface area contributed by atoms with E-state index in [1.807, 2.05) is 34.6 Å². The molecule has 0 aromatic carbocycles. The van der Waals surface area contributed by atoms with E-state index in [2.05, 4.69) is 0 Å². The van der Waals surface area contributed by atoms with Crippen molar-refractivity contribution in [3.8, 4) is 0 Å². The highest BCUT2D eigenvalue weighted by molar-refractivity contribution is 5.79. The summed E-state index contributed by atoms with van der Waals surface area (Å²) in [5.41, 5.74) is -0.729. The van der Waals surface area contributed by atoms with Crippen molar-refractivity contribution < 1.29 is 19.1 Å². The highest BCUT2D eigenvalue weighted by atomic mass is 16.6. The van der Waals surface area contributed by atoms with E-state index >= 15 is 0 Å². The standard InChI is InChI=1S/C16H24O4/c1-15(2,3)16(4,5)14(18)20-11-8-6-9-10(7-8)13(17)19-12(9)11/h8-12H,6-7H2,1-5H3. The molecular weight excluding hydrogens is 256 g/mol. The largest absolute Gasteiger partial charge is 0.458 e. The zero-order valence-electron chi connectivity index (χ0n) is 12.9. The SMILES string of the molecule is CC(C)(C)C(C)(C)C(=O)OC1C2CC3C(=O)OC1C3C2. The molecule has 0 spiro atoms. The van der Waals surface area contributed by atoms with Crippen LogP contribution in [-0.2, 0) is 19.1 Å². The molecule has 3 fully saturated rings. The van der Waals surface area contributed by atoms with E-state index in [9.17, 15) is 9.59 Å². The van der Waals surface area contributed by atoms with Gasteiger partial charge in [-0.3, -0.25) is 9.59 Å². The Morgan fingerprint density at radius 3 is 2.45 bits per heavy atom. The summed E-state index contributed by atoms with van der Waals surface area (Å²) in [6, 6.07) is 0. The number of rotatable bonds is 2. The van der Waals surface area contributed by atoms with Crippen molar-refractivity contribution in [2.75, 3.05) is 0 Å². The van der Waals surface area contributed by atoms with Gasteiger partial charge in [-0.15, -0.1) is 0 Å². The fraction of sp³-hybridized carbons (Fsp3) is 0.875. The van der Waals surface area contributed by atoms with Crippen molar-refractivity contribution >= 4 is 11.9 Å². The second-order valence-corrected chi connectivity index (χ2v) is 8.15. The van der Waals surface area contributed by atoms with Crippen LogP contribution in [0.5, 0.6) is 0 Å². The summed E-state index contributed by atoms with van der Waals surface area (Å²) in [4.78, 5) is 24.3. The van der Waals surface area contributed by atoms with Gasteiger partial charge in [0, 0.05) is 11.8 Å². The van der Waals surface area contributed by atoms with E-state index in [0.717, 1.165) is 12.8 Å². The minimum absolute atomic E-state index is 0.0654. The lowest BCUT2D eigenvalue weighted by atomic mass is 9.69. The molecule has 1 aliphatic heterocycles. The molecule has 0 aromatic heterocycles. The molecule has 0 amide bonds. The highest BCUT2D eigenvalue weighted by Crippen LogP contribution is 2.56. The number of esters is 2. The Hall–Kier alpha value is -1.06. The van der Waals surface area contributed by atoms with E-state index in [1.54, 1.807) is 0 Å². The topological polar surface area (TPSA) is 52.6 Å². The third-order valence-corrected chi connectivity index (χ3v) is 6.04. The summed E-state index contributed by atoms with van der Waals surface area (Å²) in [6.07, 6.45) is 1.38. The van der Waals surface area contributed by atoms with Crippen molar-refractivity contribution in [1.82, 2.24) is 0 Å². The van der Waals surface area contributed by atoms with Gasteiger partial charge in [-0.1, -0.05) is 20.8 Å². The quantitative estimate of drug-likeness (QED) is 0.729. The summed E-state index contributed by atoms with van der Waals surface area (Å²) in [7, 11) is 0. The first-order valence-corrected chi connectivity index (χ1v) is 7.54. The Morgan fingerprint density at radius 1 is 1.20 bits per heavy atom. The van der Waals surface area contributed by atoms with Crippen LogP contribution in [-0.4, -0.2) is 24.1 Å². The first-order chi connectivity index (χ1) is 9.13. The monoisotopic (exact) mass is 280 g/mol. The van der Waals surface area contributed by atoms with E-state index in [4.69, 9.17) is 9.47 Å². The molecule has 2 saturated carbocycles. The van der Waals surface area contributed by atoms with Crippen molar-refractivity contribution in [2.24, 2.45) is 28.6 Å². The third kappa shape index (κ3) is 1.73. The van der Waals surface area contributed by atoms with Gasteiger partial charge in [0.1, 0.15) is 12.2 Å². The van der Waals surface area contributed by atoms with Crippen LogP contribution in [0.4, 0.5) is 0 Å². The van der Waals surface area contributed by atoms with Gasteiger partial charge in [0.2, 0.25) is 0 Å². The predicted molar refractivity (Wildman–Crippen MR) is 72.7 cm³/mol. The second-order valence-electron chi connectivity index (χ2n) is 8.15. The summed E-state index contributed by atoms with van der Waals surface area (Å²) in [5.74, 6) is 0.387. The highest BCUT2D eigenvalue weighted by Gasteiger charge is 2.63. The van der Waals surface area contributed by atoms with Gasteiger partial charge in [-0.2, -0.15) is 0 Å². The van der Waals surface area contributed by atoms with E-state index in [0.29, 0.717) is 5.92 Å². The fourth-order valence-corrected chi connectivity index (χ4v) is 3.64. The van der Waals surface area contributed by atoms with Crippen LogP contribution < -0.4 is 0 Å². The molecule has 2 aliphatic carbocycles. The van der Waals surface area contributed by atoms with Crippen LogP contribution in [0, 0.1) is 28.6 Å². The Bertz CT molecular complexity index is 460. The molecule has 1 saturated heterocycles. The Labute approximate surface area is 120 Å². The van der Waals surface area contributed by atoms with Crippen LogP contribution >= 0.6 is 0 Å². The van der Waals surface area contributed by atoms with Crippen molar-refractivity contribution in [2.45, 2.75) is 59.7 Å². The number of hydrogen-bond donors (Lipinski definition) is 0. The van der Waals surface area contributed by atoms with Crippen LogP contribution in [0.15, 0.2) is 0 Å². The molecule has 1 heterocycles. The van der Waals surface area contributed by atoms with Gasteiger partial charge in [0.25, 0.3) is 0 Å². The van der Waals surface area contributed by atoms with Gasteiger partial charge >= 0.3 is 11.9 Å². The van der Waals surface area contributed by atoms with Gasteiger partial charge in [0.05, 0.1) is 11.3 Å². The molecule has 2 bridgehead atoms. The Balaban J connectivity index is 1.74. The van der Waals surface area contributed by atoms with Gasteiger partial charge in [-0.05, 0) is 32.1 Å². The van der Waals surface area contributed by atoms with Gasteiger partial charge < -0.3 is 9.47 Å². The van der Waals surface area contributed by atoms with Crippen molar-refractivity contribution in [3.05, 3.63) is 0 Å². The minimum Gasteiger partial charge on any atom is -0.458 e. The van der Waals surface area contributed by atoms with E-state index in [1.165, 1.54) is 0 Å². The third-order valence-electron chi connectivity index (χ3n) is 6.04. The summed E-state index contributed by atoms with van der Waals surface area (Å²) < 4.78 is 11.2. The molecule has 3 aliphatic rings. The summed E-state index contributed by atoms with van der Waals surface area (Å²) >= 11 is 0. The Kier molecular flexibility index (Phi) is 2.77. The smallest absolute Gasteiger partial charge is 0.312 e. The molecule has 0 N–H and O–H groups in total. The van der Waals surface area contributed by atoms with Crippen LogP contribution in [0.2, 0.25) is 0 Å². The molecule has 0 radical (unpaired) electrons. The number of ether oxygens (including phenoxy) is 2. The maximum Gasteiger partial charge on any atom is 0.312 e. The average molecular weight is 280 g/mol. The lowest BCUT2D eigenvalue weighted by Gasteiger charge is -2.38. The normalized spacial score (nSPS) is 39.0. The van der Waals surface area contributed by atoms with Crippen LogP contribution in [0.25, 0.3) is 0 Å². The molecule has 112 valence electrons. The fourth-order valence-electron chi connectivity index (χ4n) is 3.64. The van der Waals surface area contributed by atoms with Crippen LogP contribution in [0.3, 0.4) is 0 Å². The molecule has 5 atom stereocenters. The molecule has 20 heavy (non-hydrogen) atoms. The lowest BCUT2D eigenvalue weighted by Crippen LogP contribution is -2.44. The maximum atomic E-state index is 12.5. The van der Waals surface area contributed by atoms with Crippen molar-refractivity contribution in [3.63, 3.8) is 0 Å². The van der Waals surface area contributed by atoms with Gasteiger partial charge in [0.15, 0.2) is 0 Å². The number of carbonyl (C=O) groups is 2. The average Bonchev–Trinajstić information content (AvgIpc) is 2.91. The Morgan fingerprint density at radius 2 is 1.85 bits per heavy atom. The minimum atomic E-state index is -0.559. The first-order valence-electron chi connectivity index (χ1n) is 7.54. The first kappa shape index (κ1) is 13.9. The van der Waals surface area contributed by atoms with E-state index < -0.39 is 5.41 Å². The lowest BCUT2D eigenvalue weighted by molar-refractivity contribution is -0.175. The number of hydrogen-bond acceptors (Lipinski definition) is 4. The number of carbonyl (C=O) groups excluding carboxylic acids is 2. The molecule has 4 nitrogen and oxygen atoms in total. The molecule has 4 heteroatoms. The maximum absolute atomic E-state index is 12.5. The molecule has 0 aromatic rings. The van der Waals surface area contributed by atoms with E-state index in [-0.39, 0.29) is 41.4 Å². The molecular formula is C16H24O4. The number of fused-ring (bicyclic) bond motifs is 1. The van der Waals surface area contributed by atoms with Crippen molar-refractivity contribution in [1.29, 1.82) is 0 Å². The molecule has 3 rings (SSSR count). The van der Waals surface area contributed by atoms with Gasteiger partial charge in [-0.25, -0.2) is 0 Å². The molecule has 5 unspecified atom stereocenters. The van der Waals surface area contributed by atoms with Crippen LogP contribution in [0.1, 0.15) is 47.5 Å². The zero-order chi connectivity index (χ0) is 14.9. The zero-order valence-corrected chi connectivity index (χ0v) is 12.9. The predicted octanol–water partition coefficient (Wildman–Crippen LogP) is 2.55. The second kappa shape index (κ2) is 3.99. The summed E-state index contributed by atoms with van der Waals surface area (Å²) in [5, 5.41) is 0.